The summed E-state index contributed by atoms with van der Waals surface area (Å²) >= 11 is 0. The van der Waals surface area contributed by atoms with Gasteiger partial charge in [0, 0.05) is 17.7 Å². The highest BCUT2D eigenvalue weighted by atomic mass is 19.4. The van der Waals surface area contributed by atoms with Crippen LogP contribution in [-0.4, -0.2) is 23.8 Å². The van der Waals surface area contributed by atoms with Crippen LogP contribution in [0.2, 0.25) is 0 Å². The van der Waals surface area contributed by atoms with Gasteiger partial charge in [-0.1, -0.05) is 12.1 Å². The van der Waals surface area contributed by atoms with Crippen LogP contribution in [0.1, 0.15) is 21.5 Å². The zero-order valence-corrected chi connectivity index (χ0v) is 9.41. The van der Waals surface area contributed by atoms with Crippen molar-refractivity contribution in [2.75, 3.05) is 0 Å². The molecule has 0 radical (unpaired) electrons. The minimum Gasteiger partial charge on any atom is -0.383 e. The number of rotatable bonds is 1. The van der Waals surface area contributed by atoms with Crippen LogP contribution in [0.3, 0.4) is 0 Å². The van der Waals surface area contributed by atoms with Crippen LogP contribution in [0.15, 0.2) is 23.2 Å². The molecule has 2 amide bonds. The largest absolute Gasteiger partial charge is 0.473 e. The SMILES string of the molecule is NC(=NC(=O)C(F)(F)F)c1ccc2c(c1)C(=O)NC2. The monoisotopic (exact) mass is 271 g/mol. The Morgan fingerprint density at radius 2 is 2.05 bits per heavy atom. The molecule has 0 saturated carbocycles. The number of hydrogen-bond donors (Lipinski definition) is 2. The van der Waals surface area contributed by atoms with Crippen LogP contribution >= 0.6 is 0 Å². The molecule has 1 aliphatic heterocycles. The molecule has 1 aromatic carbocycles. The number of hydrogen-bond acceptors (Lipinski definition) is 2. The lowest BCUT2D eigenvalue weighted by molar-refractivity contribution is -0.169. The fourth-order valence-electron chi connectivity index (χ4n) is 1.61. The van der Waals surface area contributed by atoms with Crippen molar-refractivity contribution >= 4 is 17.6 Å². The summed E-state index contributed by atoms with van der Waals surface area (Å²) in [5.41, 5.74) is 6.45. The van der Waals surface area contributed by atoms with Crippen molar-refractivity contribution in [3.63, 3.8) is 0 Å². The normalized spacial score (nSPS) is 15.1. The van der Waals surface area contributed by atoms with E-state index >= 15 is 0 Å². The zero-order valence-electron chi connectivity index (χ0n) is 9.41. The van der Waals surface area contributed by atoms with Gasteiger partial charge in [-0.3, -0.25) is 9.59 Å². The van der Waals surface area contributed by atoms with Crippen molar-refractivity contribution in [2.45, 2.75) is 12.7 Å². The minimum atomic E-state index is -5.07. The molecular formula is C11H8F3N3O2. The molecule has 1 heterocycles. The first kappa shape index (κ1) is 13.1. The third-order valence-electron chi connectivity index (χ3n) is 2.55. The van der Waals surface area contributed by atoms with Crippen molar-refractivity contribution in [3.8, 4) is 0 Å². The third kappa shape index (κ3) is 2.56. The average molecular weight is 271 g/mol. The Labute approximate surface area is 105 Å². The van der Waals surface area contributed by atoms with Crippen molar-refractivity contribution in [2.24, 2.45) is 10.7 Å². The Morgan fingerprint density at radius 1 is 1.37 bits per heavy atom. The third-order valence-corrected chi connectivity index (χ3v) is 2.55. The van der Waals surface area contributed by atoms with E-state index in [1.54, 1.807) is 6.07 Å². The number of fused-ring (bicyclic) bond motifs is 1. The van der Waals surface area contributed by atoms with Crippen molar-refractivity contribution < 1.29 is 22.8 Å². The minimum absolute atomic E-state index is 0.0911. The summed E-state index contributed by atoms with van der Waals surface area (Å²) in [4.78, 5) is 24.8. The molecule has 0 fully saturated rings. The highest BCUT2D eigenvalue weighted by Crippen LogP contribution is 2.19. The molecule has 0 bridgehead atoms. The number of amidine groups is 1. The second-order valence-corrected chi connectivity index (χ2v) is 3.85. The molecule has 0 unspecified atom stereocenters. The van der Waals surface area contributed by atoms with Gasteiger partial charge in [0.05, 0.1) is 0 Å². The first-order valence-corrected chi connectivity index (χ1v) is 5.16. The molecular weight excluding hydrogens is 263 g/mol. The van der Waals surface area contributed by atoms with Crippen molar-refractivity contribution in [3.05, 3.63) is 34.9 Å². The number of amides is 2. The molecule has 0 aromatic heterocycles. The summed E-state index contributed by atoms with van der Waals surface area (Å²) in [5.74, 6) is -3.20. The molecule has 0 atom stereocenters. The quantitative estimate of drug-likeness (QED) is 0.583. The van der Waals surface area contributed by atoms with Crippen LogP contribution in [0.5, 0.6) is 0 Å². The molecule has 8 heteroatoms. The second kappa shape index (κ2) is 4.38. The Kier molecular flexibility index (Phi) is 3.01. The van der Waals surface area contributed by atoms with Crippen LogP contribution in [0.25, 0.3) is 0 Å². The maximum Gasteiger partial charge on any atom is 0.473 e. The maximum absolute atomic E-state index is 12.0. The summed E-state index contributed by atoms with van der Waals surface area (Å²) in [6, 6.07) is 4.25. The van der Waals surface area contributed by atoms with E-state index in [-0.39, 0.29) is 11.5 Å². The van der Waals surface area contributed by atoms with E-state index in [1.807, 2.05) is 0 Å². The Balaban J connectivity index is 2.33. The fraction of sp³-hybridized carbons (Fsp3) is 0.182. The number of alkyl halides is 3. The van der Waals surface area contributed by atoms with Gasteiger partial charge >= 0.3 is 12.1 Å². The Morgan fingerprint density at radius 3 is 2.68 bits per heavy atom. The van der Waals surface area contributed by atoms with E-state index in [1.165, 1.54) is 12.1 Å². The fourth-order valence-corrected chi connectivity index (χ4v) is 1.61. The number of carbonyl (C=O) groups is 2. The topological polar surface area (TPSA) is 84.5 Å². The predicted octanol–water partition coefficient (Wildman–Crippen LogP) is 0.724. The number of benzene rings is 1. The summed E-state index contributed by atoms with van der Waals surface area (Å²) in [6.07, 6.45) is -5.07. The van der Waals surface area contributed by atoms with E-state index in [9.17, 15) is 22.8 Å². The smallest absolute Gasteiger partial charge is 0.383 e. The lowest BCUT2D eigenvalue weighted by atomic mass is 10.1. The van der Waals surface area contributed by atoms with E-state index in [0.717, 1.165) is 0 Å². The van der Waals surface area contributed by atoms with E-state index in [2.05, 4.69) is 10.3 Å². The van der Waals surface area contributed by atoms with Gasteiger partial charge in [0.2, 0.25) is 0 Å². The van der Waals surface area contributed by atoms with Gasteiger partial charge in [0.25, 0.3) is 5.91 Å². The molecule has 100 valence electrons. The van der Waals surface area contributed by atoms with Gasteiger partial charge in [-0.05, 0) is 11.6 Å². The van der Waals surface area contributed by atoms with Gasteiger partial charge in [0.1, 0.15) is 5.84 Å². The van der Waals surface area contributed by atoms with E-state index < -0.39 is 17.9 Å². The first-order chi connectivity index (χ1) is 8.79. The molecule has 19 heavy (non-hydrogen) atoms. The predicted molar refractivity (Wildman–Crippen MR) is 59.4 cm³/mol. The van der Waals surface area contributed by atoms with Gasteiger partial charge in [-0.2, -0.15) is 18.2 Å². The van der Waals surface area contributed by atoms with Gasteiger partial charge in [-0.15, -0.1) is 0 Å². The number of halogens is 3. The van der Waals surface area contributed by atoms with Crippen molar-refractivity contribution in [1.29, 1.82) is 0 Å². The highest BCUT2D eigenvalue weighted by molar-refractivity contribution is 6.07. The van der Waals surface area contributed by atoms with E-state index in [4.69, 9.17) is 5.73 Å². The lowest BCUT2D eigenvalue weighted by Crippen LogP contribution is -2.25. The maximum atomic E-state index is 12.0. The van der Waals surface area contributed by atoms with Gasteiger partial charge in [0.15, 0.2) is 0 Å². The van der Waals surface area contributed by atoms with Gasteiger partial charge in [-0.25, -0.2) is 0 Å². The summed E-state index contributed by atoms with van der Waals surface area (Å²) in [7, 11) is 0. The van der Waals surface area contributed by atoms with Crippen LogP contribution < -0.4 is 11.1 Å². The number of carbonyl (C=O) groups excluding carboxylic acids is 2. The number of nitrogens with zero attached hydrogens (tertiary/aromatic N) is 1. The molecule has 1 aliphatic rings. The number of nitrogens with one attached hydrogen (secondary N) is 1. The molecule has 5 nitrogen and oxygen atoms in total. The molecule has 3 N–H and O–H groups in total. The van der Waals surface area contributed by atoms with Gasteiger partial charge < -0.3 is 11.1 Å². The molecule has 0 spiro atoms. The zero-order chi connectivity index (χ0) is 14.2. The highest BCUT2D eigenvalue weighted by Gasteiger charge is 2.38. The first-order valence-electron chi connectivity index (χ1n) is 5.16. The molecule has 2 rings (SSSR count). The molecule has 0 aliphatic carbocycles. The standard InChI is InChI=1S/C11H8F3N3O2/c12-11(13,14)10(19)17-8(15)5-1-2-6-4-16-9(18)7(6)3-5/h1-3H,4H2,(H,16,18)(H2,15,17,19). The second-order valence-electron chi connectivity index (χ2n) is 3.85. The number of aliphatic imine (C=N–C) groups is 1. The van der Waals surface area contributed by atoms with E-state index in [0.29, 0.717) is 17.7 Å². The molecule has 1 aromatic rings. The summed E-state index contributed by atoms with van der Waals surface area (Å²) < 4.78 is 36.1. The Hall–Kier alpha value is -2.38. The summed E-state index contributed by atoms with van der Waals surface area (Å²) in [5, 5.41) is 2.55. The summed E-state index contributed by atoms with van der Waals surface area (Å²) in [6.45, 7) is 0.354. The van der Waals surface area contributed by atoms with Crippen molar-refractivity contribution in [1.82, 2.24) is 5.32 Å². The van der Waals surface area contributed by atoms with Crippen LogP contribution in [0.4, 0.5) is 13.2 Å². The number of nitrogens with two attached hydrogens (primary N) is 1. The van der Waals surface area contributed by atoms with Crippen LogP contribution in [-0.2, 0) is 11.3 Å². The average Bonchev–Trinajstić information content (AvgIpc) is 2.69. The lowest BCUT2D eigenvalue weighted by Gasteiger charge is -2.04. The Bertz CT molecular complexity index is 593. The molecule has 0 saturated heterocycles. The van der Waals surface area contributed by atoms with Crippen LogP contribution in [0, 0.1) is 0 Å².